The zero-order chi connectivity index (χ0) is 12.2. The molecule has 3 rings (SSSR count). The molecule has 2 nitrogen and oxygen atoms in total. The lowest BCUT2D eigenvalue weighted by Gasteiger charge is -2.50. The van der Waals surface area contributed by atoms with E-state index in [9.17, 15) is 4.79 Å². The van der Waals surface area contributed by atoms with Crippen LogP contribution >= 0.6 is 0 Å². The molecule has 88 valence electrons. The first-order valence-electron chi connectivity index (χ1n) is 6.11. The van der Waals surface area contributed by atoms with Gasteiger partial charge < -0.3 is 4.90 Å². The Morgan fingerprint density at radius 1 is 1.12 bits per heavy atom. The quantitative estimate of drug-likeness (QED) is 0.533. The molecule has 1 aromatic carbocycles. The van der Waals surface area contributed by atoms with E-state index in [2.05, 4.69) is 39.0 Å². The predicted octanol–water partition coefficient (Wildman–Crippen LogP) is 2.89. The lowest BCUT2D eigenvalue weighted by Crippen LogP contribution is -2.63. The number of amides is 1. The molecule has 17 heavy (non-hydrogen) atoms. The first kappa shape index (κ1) is 10.6. The van der Waals surface area contributed by atoms with Crippen LogP contribution in [0, 0.1) is 5.92 Å². The second-order valence-electron chi connectivity index (χ2n) is 5.88. The molecule has 1 heterocycles. The van der Waals surface area contributed by atoms with Crippen molar-refractivity contribution in [3.05, 3.63) is 42.0 Å². The molecule has 1 aromatic rings. The molecule has 0 bridgehead atoms. The third kappa shape index (κ3) is 1.36. The molecule has 2 atom stereocenters. The largest absolute Gasteiger partial charge is 0.304 e. The van der Waals surface area contributed by atoms with E-state index < -0.39 is 0 Å². The fourth-order valence-corrected chi connectivity index (χ4v) is 2.62. The highest BCUT2D eigenvalue weighted by molar-refractivity contribution is 6.07. The smallest absolute Gasteiger partial charge is 0.236 e. The summed E-state index contributed by atoms with van der Waals surface area (Å²) in [5.74, 6) is 0.400. The van der Waals surface area contributed by atoms with Gasteiger partial charge in [0.15, 0.2) is 0 Å². The van der Waals surface area contributed by atoms with Gasteiger partial charge in [0.2, 0.25) is 5.91 Å². The maximum Gasteiger partial charge on any atom is 0.236 e. The van der Waals surface area contributed by atoms with Crippen molar-refractivity contribution in [3.8, 4) is 0 Å². The SMILES string of the molecule is CC(C)(C)c1ccccc1N1C(=O)[C@H]2C=C[C@H]21. The minimum Gasteiger partial charge on any atom is -0.304 e. The van der Waals surface area contributed by atoms with E-state index in [0.29, 0.717) is 6.04 Å². The number of anilines is 1. The number of carbonyl (C=O) groups excluding carboxylic acids is 1. The van der Waals surface area contributed by atoms with Crippen molar-refractivity contribution < 1.29 is 4.79 Å². The van der Waals surface area contributed by atoms with E-state index in [4.69, 9.17) is 0 Å². The van der Waals surface area contributed by atoms with Crippen molar-refractivity contribution >= 4 is 11.6 Å². The summed E-state index contributed by atoms with van der Waals surface area (Å²) in [7, 11) is 0. The van der Waals surface area contributed by atoms with E-state index in [1.807, 2.05) is 23.1 Å². The van der Waals surface area contributed by atoms with E-state index >= 15 is 0 Å². The molecule has 1 amide bonds. The minimum atomic E-state index is 0.0649. The zero-order valence-corrected chi connectivity index (χ0v) is 10.5. The Morgan fingerprint density at radius 3 is 2.35 bits per heavy atom. The number of hydrogen-bond acceptors (Lipinski definition) is 1. The van der Waals surface area contributed by atoms with E-state index in [-0.39, 0.29) is 17.2 Å². The topological polar surface area (TPSA) is 20.3 Å². The third-order valence-electron chi connectivity index (χ3n) is 3.68. The monoisotopic (exact) mass is 227 g/mol. The Bertz CT molecular complexity index is 510. The summed E-state index contributed by atoms with van der Waals surface area (Å²) in [6.07, 6.45) is 4.12. The summed E-state index contributed by atoms with van der Waals surface area (Å²) in [5.41, 5.74) is 2.39. The summed E-state index contributed by atoms with van der Waals surface area (Å²) >= 11 is 0. The van der Waals surface area contributed by atoms with Crippen LogP contribution in [0.1, 0.15) is 26.3 Å². The Hall–Kier alpha value is -1.57. The molecule has 1 fully saturated rings. The summed E-state index contributed by atoms with van der Waals surface area (Å²) in [6, 6.07) is 8.54. The molecule has 0 unspecified atom stereocenters. The minimum absolute atomic E-state index is 0.0649. The van der Waals surface area contributed by atoms with Crippen LogP contribution < -0.4 is 4.90 Å². The Labute approximate surface area is 102 Å². The molecule has 1 aliphatic carbocycles. The van der Waals surface area contributed by atoms with Gasteiger partial charge in [-0.1, -0.05) is 51.1 Å². The standard InChI is InChI=1S/C15H17NO/c1-15(2,3)11-6-4-5-7-13(11)16-12-9-8-10(12)14(16)17/h4-10,12H,1-3H3/t10-,12+/m0/s1. The maximum absolute atomic E-state index is 12.0. The van der Waals surface area contributed by atoms with Crippen LogP contribution in [0.3, 0.4) is 0 Å². The van der Waals surface area contributed by atoms with Gasteiger partial charge in [0.1, 0.15) is 0 Å². The average molecular weight is 227 g/mol. The van der Waals surface area contributed by atoms with Crippen LogP contribution in [0.5, 0.6) is 0 Å². The van der Waals surface area contributed by atoms with Gasteiger partial charge in [-0.15, -0.1) is 0 Å². The molecule has 1 aliphatic heterocycles. The molecule has 0 N–H and O–H groups in total. The van der Waals surface area contributed by atoms with E-state index in [1.54, 1.807) is 0 Å². The van der Waals surface area contributed by atoms with Gasteiger partial charge in [0.25, 0.3) is 0 Å². The lowest BCUT2D eigenvalue weighted by molar-refractivity contribution is -0.128. The number of para-hydroxylation sites is 1. The van der Waals surface area contributed by atoms with Crippen LogP contribution in [0.15, 0.2) is 36.4 Å². The number of hydrogen-bond donors (Lipinski definition) is 0. The highest BCUT2D eigenvalue weighted by atomic mass is 16.2. The fraction of sp³-hybridized carbons (Fsp3) is 0.400. The molecule has 1 saturated heterocycles. The number of carbonyl (C=O) groups is 1. The number of fused-ring (bicyclic) bond motifs is 1. The zero-order valence-electron chi connectivity index (χ0n) is 10.5. The lowest BCUT2D eigenvalue weighted by atomic mass is 9.76. The Morgan fingerprint density at radius 2 is 1.82 bits per heavy atom. The Kier molecular flexibility index (Phi) is 2.00. The van der Waals surface area contributed by atoms with Crippen molar-refractivity contribution in [1.82, 2.24) is 0 Å². The number of β-lactam (4-membered cyclic amide) rings is 1. The van der Waals surface area contributed by atoms with Crippen molar-refractivity contribution in [2.45, 2.75) is 32.2 Å². The van der Waals surface area contributed by atoms with Crippen molar-refractivity contribution in [3.63, 3.8) is 0 Å². The molecular formula is C15H17NO. The second-order valence-corrected chi connectivity index (χ2v) is 5.88. The summed E-state index contributed by atoms with van der Waals surface area (Å²) in [6.45, 7) is 6.55. The van der Waals surface area contributed by atoms with Gasteiger partial charge in [0, 0.05) is 5.69 Å². The van der Waals surface area contributed by atoms with Crippen molar-refractivity contribution in [2.24, 2.45) is 5.92 Å². The third-order valence-corrected chi connectivity index (χ3v) is 3.68. The van der Waals surface area contributed by atoms with Gasteiger partial charge >= 0.3 is 0 Å². The van der Waals surface area contributed by atoms with Crippen LogP contribution in [0.25, 0.3) is 0 Å². The van der Waals surface area contributed by atoms with Crippen LogP contribution in [-0.4, -0.2) is 11.9 Å². The average Bonchev–Trinajstić information content (AvgIpc) is 2.23. The number of benzene rings is 1. The summed E-state index contributed by atoms with van der Waals surface area (Å²) in [5, 5.41) is 0. The van der Waals surface area contributed by atoms with Crippen LogP contribution in [0.2, 0.25) is 0 Å². The summed E-state index contributed by atoms with van der Waals surface area (Å²) in [4.78, 5) is 13.9. The molecule has 2 aliphatic rings. The van der Waals surface area contributed by atoms with Crippen LogP contribution in [0.4, 0.5) is 5.69 Å². The number of nitrogens with zero attached hydrogens (tertiary/aromatic N) is 1. The highest BCUT2D eigenvalue weighted by Crippen LogP contribution is 2.43. The molecule has 0 spiro atoms. The molecule has 0 radical (unpaired) electrons. The van der Waals surface area contributed by atoms with E-state index in [1.165, 1.54) is 5.56 Å². The molecular weight excluding hydrogens is 210 g/mol. The predicted molar refractivity (Wildman–Crippen MR) is 69.0 cm³/mol. The molecule has 0 saturated carbocycles. The van der Waals surface area contributed by atoms with Crippen LogP contribution in [-0.2, 0) is 10.2 Å². The van der Waals surface area contributed by atoms with Crippen molar-refractivity contribution in [1.29, 1.82) is 0 Å². The fourth-order valence-electron chi connectivity index (χ4n) is 2.62. The summed E-state index contributed by atoms with van der Waals surface area (Å²) < 4.78 is 0. The molecule has 2 heteroatoms. The number of rotatable bonds is 1. The maximum atomic E-state index is 12.0. The van der Waals surface area contributed by atoms with Gasteiger partial charge in [-0.3, -0.25) is 4.79 Å². The highest BCUT2D eigenvalue weighted by Gasteiger charge is 2.50. The van der Waals surface area contributed by atoms with Gasteiger partial charge in [0.05, 0.1) is 12.0 Å². The van der Waals surface area contributed by atoms with Gasteiger partial charge in [-0.2, -0.15) is 0 Å². The van der Waals surface area contributed by atoms with Gasteiger partial charge in [-0.05, 0) is 17.0 Å². The van der Waals surface area contributed by atoms with Gasteiger partial charge in [-0.25, -0.2) is 0 Å². The first-order chi connectivity index (χ1) is 8.00. The normalized spacial score (nSPS) is 26.3. The second kappa shape index (κ2) is 3.22. The molecule has 0 aromatic heterocycles. The Balaban J connectivity index is 2.04. The van der Waals surface area contributed by atoms with E-state index in [0.717, 1.165) is 5.69 Å². The first-order valence-corrected chi connectivity index (χ1v) is 6.11. The van der Waals surface area contributed by atoms with Crippen molar-refractivity contribution in [2.75, 3.05) is 4.90 Å².